The SMILES string of the molecule is CO[C@H]1C[C@H](NC(=O)c2cc(Cl)ccn2)C[C@H](n2c(CC(C)C)nc3cnc(-c4ncccn4)cc32)C1. The Hall–Kier alpha value is -3.43. The van der Waals surface area contributed by atoms with Crippen LogP contribution >= 0.6 is 11.6 Å². The summed E-state index contributed by atoms with van der Waals surface area (Å²) in [5.74, 6) is 1.75. The van der Waals surface area contributed by atoms with Crippen LogP contribution < -0.4 is 5.32 Å². The van der Waals surface area contributed by atoms with Gasteiger partial charge in [-0.2, -0.15) is 0 Å². The van der Waals surface area contributed by atoms with E-state index < -0.39 is 0 Å². The molecule has 4 heterocycles. The molecule has 0 aliphatic heterocycles. The average molecular weight is 520 g/mol. The Bertz CT molecular complexity index is 1390. The van der Waals surface area contributed by atoms with Crippen molar-refractivity contribution in [1.29, 1.82) is 0 Å². The highest BCUT2D eigenvalue weighted by molar-refractivity contribution is 6.30. The highest BCUT2D eigenvalue weighted by atomic mass is 35.5. The Morgan fingerprint density at radius 3 is 2.68 bits per heavy atom. The van der Waals surface area contributed by atoms with Gasteiger partial charge in [-0.1, -0.05) is 25.4 Å². The molecular weight excluding hydrogens is 490 g/mol. The van der Waals surface area contributed by atoms with Crippen molar-refractivity contribution in [2.75, 3.05) is 7.11 Å². The number of amides is 1. The second-order valence-electron chi connectivity index (χ2n) is 9.87. The minimum Gasteiger partial charge on any atom is -0.381 e. The molecule has 10 heteroatoms. The lowest BCUT2D eigenvalue weighted by molar-refractivity contribution is 0.0389. The number of carbonyl (C=O) groups is 1. The first-order valence-electron chi connectivity index (χ1n) is 12.5. The zero-order valence-electron chi connectivity index (χ0n) is 21.1. The number of ether oxygens (including phenoxy) is 1. The van der Waals surface area contributed by atoms with E-state index in [9.17, 15) is 4.79 Å². The topological polar surface area (TPSA) is 108 Å². The van der Waals surface area contributed by atoms with Gasteiger partial charge in [-0.3, -0.25) is 14.8 Å². The molecule has 1 aliphatic carbocycles. The van der Waals surface area contributed by atoms with Crippen LogP contribution in [0.5, 0.6) is 0 Å². The van der Waals surface area contributed by atoms with Crippen LogP contribution in [0.2, 0.25) is 5.02 Å². The third-order valence-electron chi connectivity index (χ3n) is 6.66. The van der Waals surface area contributed by atoms with Gasteiger partial charge >= 0.3 is 0 Å². The Balaban J connectivity index is 1.50. The highest BCUT2D eigenvalue weighted by Gasteiger charge is 2.33. The minimum absolute atomic E-state index is 0.0144. The Labute approximate surface area is 220 Å². The van der Waals surface area contributed by atoms with Crippen LogP contribution in [0.15, 0.2) is 49.1 Å². The molecule has 37 heavy (non-hydrogen) atoms. The van der Waals surface area contributed by atoms with Crippen molar-refractivity contribution in [3.05, 3.63) is 65.6 Å². The van der Waals surface area contributed by atoms with E-state index >= 15 is 0 Å². The maximum Gasteiger partial charge on any atom is 0.270 e. The van der Waals surface area contributed by atoms with Gasteiger partial charge in [-0.15, -0.1) is 0 Å². The molecular formula is C27H30ClN7O2. The molecule has 5 rings (SSSR count). The highest BCUT2D eigenvalue weighted by Crippen LogP contribution is 2.35. The van der Waals surface area contributed by atoms with Gasteiger partial charge in [0.1, 0.15) is 22.7 Å². The lowest BCUT2D eigenvalue weighted by atomic mass is 9.88. The molecule has 0 saturated heterocycles. The van der Waals surface area contributed by atoms with Crippen molar-refractivity contribution >= 4 is 28.5 Å². The predicted molar refractivity (Wildman–Crippen MR) is 141 cm³/mol. The van der Waals surface area contributed by atoms with E-state index in [0.717, 1.165) is 42.5 Å². The number of hydrogen-bond acceptors (Lipinski definition) is 7. The molecule has 1 amide bonds. The van der Waals surface area contributed by atoms with Gasteiger partial charge in [0.05, 0.1) is 17.8 Å². The molecule has 0 bridgehead atoms. The summed E-state index contributed by atoms with van der Waals surface area (Å²) < 4.78 is 8.14. The maximum atomic E-state index is 13.0. The third kappa shape index (κ3) is 5.62. The molecule has 0 aromatic carbocycles. The van der Waals surface area contributed by atoms with Gasteiger partial charge in [0.2, 0.25) is 0 Å². The van der Waals surface area contributed by atoms with Gasteiger partial charge < -0.3 is 14.6 Å². The van der Waals surface area contributed by atoms with E-state index in [2.05, 4.69) is 43.7 Å². The molecule has 9 nitrogen and oxygen atoms in total. The summed E-state index contributed by atoms with van der Waals surface area (Å²) in [5.41, 5.74) is 2.81. The Morgan fingerprint density at radius 1 is 1.14 bits per heavy atom. The summed E-state index contributed by atoms with van der Waals surface area (Å²) in [6.45, 7) is 4.37. The number of nitrogens with one attached hydrogen (secondary N) is 1. The molecule has 0 radical (unpaired) electrons. The van der Waals surface area contributed by atoms with Crippen LogP contribution in [0.3, 0.4) is 0 Å². The standard InChI is InChI=1S/C27H30ClN7O2/c1-16(2)9-25-34-23-15-32-21(26-30-6-4-7-31-26)14-24(23)35(25)19-11-18(12-20(13-19)37-3)33-27(36)22-10-17(28)5-8-29-22/h4-8,10,14-16,18-20H,9,11-13H2,1-3H3,(H,33,36)/t18-,19+,20+/m1/s1. The third-order valence-corrected chi connectivity index (χ3v) is 6.90. The van der Waals surface area contributed by atoms with Gasteiger partial charge in [-0.25, -0.2) is 15.0 Å². The summed E-state index contributed by atoms with van der Waals surface area (Å²) in [6.07, 6.45) is 9.83. The number of methoxy groups -OCH3 is 1. The molecule has 1 saturated carbocycles. The number of imidazole rings is 1. The number of aromatic nitrogens is 6. The number of nitrogens with zero attached hydrogens (tertiary/aromatic N) is 6. The summed E-state index contributed by atoms with van der Waals surface area (Å²) >= 11 is 6.08. The van der Waals surface area contributed by atoms with E-state index in [1.807, 2.05) is 6.07 Å². The van der Waals surface area contributed by atoms with Crippen molar-refractivity contribution in [3.8, 4) is 11.5 Å². The van der Waals surface area contributed by atoms with Crippen LogP contribution in [-0.4, -0.2) is 54.6 Å². The summed E-state index contributed by atoms with van der Waals surface area (Å²) in [4.78, 5) is 35.4. The lowest BCUT2D eigenvalue weighted by Gasteiger charge is -2.36. The maximum absolute atomic E-state index is 13.0. The number of carbonyl (C=O) groups excluding carboxylic acids is 1. The molecule has 4 aromatic rings. The van der Waals surface area contributed by atoms with E-state index in [1.165, 1.54) is 6.20 Å². The normalized spacial score (nSPS) is 19.9. The smallest absolute Gasteiger partial charge is 0.270 e. The zero-order valence-corrected chi connectivity index (χ0v) is 21.9. The average Bonchev–Trinajstić information content (AvgIpc) is 3.25. The molecule has 0 unspecified atom stereocenters. The zero-order chi connectivity index (χ0) is 25.9. The van der Waals surface area contributed by atoms with Crippen LogP contribution in [0.25, 0.3) is 22.6 Å². The van der Waals surface area contributed by atoms with Gasteiger partial charge in [-0.05, 0) is 49.4 Å². The fourth-order valence-corrected chi connectivity index (χ4v) is 5.23. The van der Waals surface area contributed by atoms with E-state index in [4.69, 9.17) is 21.3 Å². The van der Waals surface area contributed by atoms with E-state index in [-0.39, 0.29) is 24.1 Å². The second-order valence-corrected chi connectivity index (χ2v) is 10.3. The van der Waals surface area contributed by atoms with E-state index in [0.29, 0.717) is 28.2 Å². The minimum atomic E-state index is -0.242. The van der Waals surface area contributed by atoms with Crippen molar-refractivity contribution in [1.82, 2.24) is 34.8 Å². The molecule has 192 valence electrons. The summed E-state index contributed by atoms with van der Waals surface area (Å²) in [7, 11) is 1.72. The van der Waals surface area contributed by atoms with Crippen molar-refractivity contribution in [3.63, 3.8) is 0 Å². The van der Waals surface area contributed by atoms with Gasteiger partial charge in [0, 0.05) is 49.2 Å². The predicted octanol–water partition coefficient (Wildman–Crippen LogP) is 4.67. The fraction of sp³-hybridized carbons (Fsp3) is 0.407. The largest absolute Gasteiger partial charge is 0.381 e. The molecule has 0 spiro atoms. The Kier molecular flexibility index (Phi) is 7.43. The first-order chi connectivity index (χ1) is 17.9. The number of halogens is 1. The fourth-order valence-electron chi connectivity index (χ4n) is 5.07. The molecule has 3 atom stereocenters. The monoisotopic (exact) mass is 519 g/mol. The molecule has 4 aromatic heterocycles. The van der Waals surface area contributed by atoms with Gasteiger partial charge in [0.25, 0.3) is 5.91 Å². The number of hydrogen-bond donors (Lipinski definition) is 1. The molecule has 1 N–H and O–H groups in total. The molecule has 1 aliphatic rings. The summed E-state index contributed by atoms with van der Waals surface area (Å²) in [6, 6.07) is 7.01. The van der Waals surface area contributed by atoms with Crippen LogP contribution in [0, 0.1) is 5.92 Å². The van der Waals surface area contributed by atoms with Crippen molar-refractivity contribution < 1.29 is 9.53 Å². The van der Waals surface area contributed by atoms with Gasteiger partial charge in [0.15, 0.2) is 5.82 Å². The number of fused-ring (bicyclic) bond motifs is 1. The Morgan fingerprint density at radius 2 is 1.95 bits per heavy atom. The van der Waals surface area contributed by atoms with Crippen LogP contribution in [-0.2, 0) is 11.2 Å². The van der Waals surface area contributed by atoms with Crippen molar-refractivity contribution in [2.45, 2.75) is 57.7 Å². The summed E-state index contributed by atoms with van der Waals surface area (Å²) in [5, 5.41) is 3.64. The first-order valence-corrected chi connectivity index (χ1v) is 12.9. The lowest BCUT2D eigenvalue weighted by Crippen LogP contribution is -2.44. The van der Waals surface area contributed by atoms with Crippen LogP contribution in [0.1, 0.15) is 55.5 Å². The quantitative estimate of drug-likeness (QED) is 0.378. The van der Waals surface area contributed by atoms with Crippen molar-refractivity contribution in [2.24, 2.45) is 5.92 Å². The second kappa shape index (κ2) is 10.9. The molecule has 1 fully saturated rings. The van der Waals surface area contributed by atoms with E-state index in [1.54, 1.807) is 43.9 Å². The van der Waals surface area contributed by atoms with Crippen LogP contribution in [0.4, 0.5) is 0 Å². The first kappa shape index (κ1) is 25.2. The number of rotatable bonds is 7. The number of pyridine rings is 2.